The average molecular weight is 429 g/mol. The molecule has 4 heterocycles. The second-order valence-electron chi connectivity index (χ2n) is 7.36. The zero-order valence-corrected chi connectivity index (χ0v) is 16.2. The molecule has 3 aromatic heterocycles. The number of nitrogens with zero attached hydrogens (tertiary/aromatic N) is 4. The Morgan fingerprint density at radius 3 is 2.81 bits per heavy atom. The smallest absolute Gasteiger partial charge is 0.417 e. The summed E-state index contributed by atoms with van der Waals surface area (Å²) in [4.78, 5) is 12.3. The Hall–Kier alpha value is -3.40. The zero-order chi connectivity index (χ0) is 21.6. The number of aromatic nitrogens is 4. The summed E-state index contributed by atoms with van der Waals surface area (Å²) in [6.45, 7) is 0.275. The molecule has 160 valence electrons. The van der Waals surface area contributed by atoms with Gasteiger partial charge in [-0.2, -0.15) is 13.2 Å². The first-order valence-electron chi connectivity index (χ1n) is 9.71. The van der Waals surface area contributed by atoms with Crippen molar-refractivity contribution in [2.24, 2.45) is 0 Å². The molecular weight excluding hydrogens is 411 g/mol. The first-order valence-corrected chi connectivity index (χ1v) is 9.71. The topological polar surface area (TPSA) is 88.1 Å². The lowest BCUT2D eigenvalue weighted by molar-refractivity contribution is -0.136. The maximum absolute atomic E-state index is 13.2. The molecule has 4 aromatic rings. The van der Waals surface area contributed by atoms with E-state index in [1.54, 1.807) is 0 Å². The number of nitrogens with two attached hydrogens (primary N) is 1. The fraction of sp³-hybridized carbons (Fsp3) is 0.286. The third-order valence-corrected chi connectivity index (χ3v) is 5.39. The molecule has 0 aliphatic carbocycles. The van der Waals surface area contributed by atoms with Gasteiger partial charge in [-0.05, 0) is 37.1 Å². The minimum atomic E-state index is -4.44. The summed E-state index contributed by atoms with van der Waals surface area (Å²) in [6.07, 6.45) is 1.19. The van der Waals surface area contributed by atoms with E-state index in [4.69, 9.17) is 15.2 Å². The molecule has 1 saturated heterocycles. The first kappa shape index (κ1) is 19.6. The van der Waals surface area contributed by atoms with Crippen molar-refractivity contribution >= 4 is 27.8 Å². The Morgan fingerprint density at radius 1 is 1.10 bits per heavy atom. The van der Waals surface area contributed by atoms with Crippen LogP contribution in [-0.2, 0) is 10.9 Å². The van der Waals surface area contributed by atoms with Gasteiger partial charge in [-0.3, -0.25) is 4.98 Å². The lowest BCUT2D eigenvalue weighted by Crippen LogP contribution is -2.18. The van der Waals surface area contributed by atoms with Crippen molar-refractivity contribution in [3.63, 3.8) is 0 Å². The zero-order valence-electron chi connectivity index (χ0n) is 16.2. The quantitative estimate of drug-likeness (QED) is 0.519. The number of rotatable bonds is 4. The van der Waals surface area contributed by atoms with Crippen LogP contribution in [0.15, 0.2) is 49.1 Å². The third kappa shape index (κ3) is 3.63. The van der Waals surface area contributed by atoms with Crippen molar-refractivity contribution in [1.82, 2.24) is 19.5 Å². The van der Waals surface area contributed by atoms with E-state index in [1.165, 1.54) is 24.5 Å². The van der Waals surface area contributed by atoms with Crippen LogP contribution in [0.5, 0.6) is 5.75 Å². The van der Waals surface area contributed by atoms with Crippen molar-refractivity contribution < 1.29 is 22.6 Å². The van der Waals surface area contributed by atoms with Gasteiger partial charge in [0.2, 0.25) is 0 Å². The van der Waals surface area contributed by atoms with Crippen LogP contribution in [0.25, 0.3) is 21.9 Å². The van der Waals surface area contributed by atoms with Crippen molar-refractivity contribution in [3.05, 3.63) is 54.6 Å². The van der Waals surface area contributed by atoms with Gasteiger partial charge < -0.3 is 19.8 Å². The van der Waals surface area contributed by atoms with Crippen LogP contribution >= 0.6 is 0 Å². The number of nitrogen functional groups attached to an aromatic ring is 1. The summed E-state index contributed by atoms with van der Waals surface area (Å²) in [6, 6.07) is 7.24. The van der Waals surface area contributed by atoms with Crippen LogP contribution in [0.2, 0.25) is 0 Å². The van der Waals surface area contributed by atoms with E-state index in [1.807, 2.05) is 16.8 Å². The van der Waals surface area contributed by atoms with Gasteiger partial charge in [0.1, 0.15) is 36.4 Å². The predicted octanol–water partition coefficient (Wildman–Crippen LogP) is 4.34. The van der Waals surface area contributed by atoms with E-state index in [-0.39, 0.29) is 29.8 Å². The first-order chi connectivity index (χ1) is 14.9. The van der Waals surface area contributed by atoms with E-state index < -0.39 is 11.7 Å². The van der Waals surface area contributed by atoms with E-state index >= 15 is 0 Å². The van der Waals surface area contributed by atoms with Crippen LogP contribution in [0.3, 0.4) is 0 Å². The highest BCUT2D eigenvalue weighted by Gasteiger charge is 2.33. The Bertz CT molecular complexity index is 1260. The second kappa shape index (κ2) is 7.38. The van der Waals surface area contributed by atoms with E-state index in [9.17, 15) is 13.2 Å². The fourth-order valence-corrected chi connectivity index (χ4v) is 3.89. The number of pyridine rings is 1. The van der Waals surface area contributed by atoms with Crippen molar-refractivity contribution in [2.45, 2.75) is 31.3 Å². The number of anilines is 1. The lowest BCUT2D eigenvalue weighted by atomic mass is 10.1. The van der Waals surface area contributed by atoms with Crippen LogP contribution < -0.4 is 10.5 Å². The molecule has 0 saturated carbocycles. The minimum Gasteiger partial charge on any atom is -0.491 e. The van der Waals surface area contributed by atoms with Gasteiger partial charge in [-0.1, -0.05) is 0 Å². The molecular formula is C21H18F3N5O2. The molecule has 1 aliphatic rings. The molecule has 31 heavy (non-hydrogen) atoms. The van der Waals surface area contributed by atoms with Gasteiger partial charge in [0.15, 0.2) is 0 Å². The number of hydrogen-bond donors (Lipinski definition) is 1. The lowest BCUT2D eigenvalue weighted by Gasteiger charge is -2.17. The van der Waals surface area contributed by atoms with Gasteiger partial charge >= 0.3 is 6.18 Å². The van der Waals surface area contributed by atoms with Crippen molar-refractivity contribution in [1.29, 1.82) is 0 Å². The summed E-state index contributed by atoms with van der Waals surface area (Å²) < 4.78 is 53.3. The SMILES string of the molecule is Nc1ncnc2c1ccn2C1CCC(COc2ccc3c(C(F)(F)F)ccnc3c2)O1. The summed E-state index contributed by atoms with van der Waals surface area (Å²) in [5.41, 5.74) is 6.11. The Balaban J connectivity index is 1.28. The number of benzene rings is 1. The fourth-order valence-electron chi connectivity index (χ4n) is 3.89. The molecule has 5 rings (SSSR count). The highest BCUT2D eigenvalue weighted by Crippen LogP contribution is 2.35. The molecule has 10 heteroatoms. The highest BCUT2D eigenvalue weighted by atomic mass is 19.4. The number of halogens is 3. The van der Waals surface area contributed by atoms with Gasteiger partial charge in [0.05, 0.1) is 22.6 Å². The summed E-state index contributed by atoms with van der Waals surface area (Å²) in [5.74, 6) is 0.860. The second-order valence-corrected chi connectivity index (χ2v) is 7.36. The molecule has 2 N–H and O–H groups in total. The Kier molecular flexibility index (Phi) is 4.66. The molecule has 0 bridgehead atoms. The van der Waals surface area contributed by atoms with Gasteiger partial charge in [-0.15, -0.1) is 0 Å². The van der Waals surface area contributed by atoms with Gasteiger partial charge in [0, 0.05) is 23.8 Å². The number of alkyl halides is 3. The van der Waals surface area contributed by atoms with E-state index in [0.29, 0.717) is 17.2 Å². The molecule has 0 radical (unpaired) electrons. The Labute approximate surface area is 174 Å². The van der Waals surface area contributed by atoms with Crippen LogP contribution in [-0.4, -0.2) is 32.2 Å². The maximum atomic E-state index is 13.2. The van der Waals surface area contributed by atoms with Crippen LogP contribution in [0.4, 0.5) is 19.0 Å². The summed E-state index contributed by atoms with van der Waals surface area (Å²) in [7, 11) is 0. The van der Waals surface area contributed by atoms with E-state index in [0.717, 1.165) is 30.5 Å². The molecule has 7 nitrogen and oxygen atoms in total. The molecule has 0 spiro atoms. The number of hydrogen-bond acceptors (Lipinski definition) is 6. The predicted molar refractivity (Wildman–Crippen MR) is 107 cm³/mol. The third-order valence-electron chi connectivity index (χ3n) is 5.39. The van der Waals surface area contributed by atoms with Gasteiger partial charge in [0.25, 0.3) is 0 Å². The molecule has 0 amide bonds. The molecule has 2 unspecified atom stereocenters. The molecule has 2 atom stereocenters. The average Bonchev–Trinajstić information content (AvgIpc) is 3.38. The molecule has 1 aromatic carbocycles. The Morgan fingerprint density at radius 2 is 1.97 bits per heavy atom. The number of fused-ring (bicyclic) bond motifs is 2. The minimum absolute atomic E-state index is 0.0419. The summed E-state index contributed by atoms with van der Waals surface area (Å²) in [5, 5.41) is 0.813. The molecule has 1 aliphatic heterocycles. The highest BCUT2D eigenvalue weighted by molar-refractivity contribution is 5.86. The maximum Gasteiger partial charge on any atom is 0.417 e. The molecule has 1 fully saturated rings. The van der Waals surface area contributed by atoms with E-state index in [2.05, 4.69) is 15.0 Å². The van der Waals surface area contributed by atoms with Crippen LogP contribution in [0.1, 0.15) is 24.6 Å². The van der Waals surface area contributed by atoms with Crippen LogP contribution in [0, 0.1) is 0 Å². The largest absolute Gasteiger partial charge is 0.491 e. The normalized spacial score (nSPS) is 19.3. The van der Waals surface area contributed by atoms with Crippen molar-refractivity contribution in [2.75, 3.05) is 12.3 Å². The summed E-state index contributed by atoms with van der Waals surface area (Å²) >= 11 is 0. The van der Waals surface area contributed by atoms with Crippen molar-refractivity contribution in [3.8, 4) is 5.75 Å². The van der Waals surface area contributed by atoms with Gasteiger partial charge in [-0.25, -0.2) is 9.97 Å². The standard InChI is InChI=1S/C21H18F3N5O2/c22-21(23,24)16-5-7-26-17-9-12(1-3-14(16)17)30-10-13-2-4-18(31-13)29-8-6-15-19(25)27-11-28-20(15)29/h1,3,5-9,11,13,18H,2,4,10H2,(H2,25,27,28). The number of ether oxygens (including phenoxy) is 2. The monoisotopic (exact) mass is 429 g/mol.